The van der Waals surface area contributed by atoms with Gasteiger partial charge in [-0.3, -0.25) is 10.1 Å². The van der Waals surface area contributed by atoms with Gasteiger partial charge in [-0.2, -0.15) is 0 Å². The van der Waals surface area contributed by atoms with Crippen LogP contribution in [0.5, 0.6) is 5.75 Å². The molecule has 0 fully saturated rings. The van der Waals surface area contributed by atoms with Crippen molar-refractivity contribution in [2.24, 2.45) is 0 Å². The predicted molar refractivity (Wildman–Crippen MR) is 54.3 cm³/mol. The Bertz CT molecular complexity index is 421. The van der Waals surface area contributed by atoms with E-state index in [-0.39, 0.29) is 17.9 Å². The average Bonchev–Trinajstić information content (AvgIpc) is 2.25. The molecule has 0 saturated carbocycles. The normalized spacial score (nSPS) is 11.0. The molecule has 16 heavy (non-hydrogen) atoms. The molecule has 7 nitrogen and oxygen atoms in total. The van der Waals surface area contributed by atoms with E-state index in [1.54, 1.807) is 0 Å². The number of methoxy groups -OCH3 is 1. The molecule has 1 rings (SSSR count). The minimum atomic E-state index is -2.77. The van der Waals surface area contributed by atoms with E-state index < -0.39 is 13.2 Å². The van der Waals surface area contributed by atoms with Crippen LogP contribution in [0.4, 0.5) is 5.69 Å². The van der Waals surface area contributed by atoms with Crippen molar-refractivity contribution in [3.63, 3.8) is 0 Å². The van der Waals surface area contributed by atoms with Crippen molar-refractivity contribution in [2.45, 2.75) is 6.61 Å². The first-order valence-corrected chi connectivity index (χ1v) is 5.28. The zero-order valence-electron chi connectivity index (χ0n) is 8.32. The van der Waals surface area contributed by atoms with Crippen molar-refractivity contribution in [3.8, 4) is 5.75 Å². The summed E-state index contributed by atoms with van der Waals surface area (Å²) in [7, 11) is -1.38. The summed E-state index contributed by atoms with van der Waals surface area (Å²) in [5.41, 5.74) is -0.000556. The van der Waals surface area contributed by atoms with Crippen molar-refractivity contribution in [1.82, 2.24) is 0 Å². The highest BCUT2D eigenvalue weighted by atomic mass is 31.1. The van der Waals surface area contributed by atoms with Crippen LogP contribution in [0, 0.1) is 10.1 Å². The second-order valence-corrected chi connectivity index (χ2v) is 3.50. The van der Waals surface area contributed by atoms with Gasteiger partial charge in [0, 0.05) is 4.57 Å². The highest BCUT2D eigenvalue weighted by molar-refractivity contribution is 7.32. The number of hydrogen-bond acceptors (Lipinski definition) is 5. The van der Waals surface area contributed by atoms with E-state index in [4.69, 9.17) is 9.63 Å². The van der Waals surface area contributed by atoms with Crippen molar-refractivity contribution in [3.05, 3.63) is 33.9 Å². The van der Waals surface area contributed by atoms with Crippen LogP contribution < -0.4 is 4.74 Å². The molecule has 0 spiro atoms. The Hall–Kier alpha value is -1.56. The monoisotopic (exact) mass is 246 g/mol. The van der Waals surface area contributed by atoms with Crippen LogP contribution in [0.15, 0.2) is 18.2 Å². The van der Waals surface area contributed by atoms with E-state index in [0.717, 1.165) is 0 Å². The van der Waals surface area contributed by atoms with E-state index >= 15 is 0 Å². The van der Waals surface area contributed by atoms with Crippen molar-refractivity contribution in [1.29, 1.82) is 0 Å². The molecule has 86 valence electrons. The first-order chi connectivity index (χ1) is 7.54. The van der Waals surface area contributed by atoms with Crippen molar-refractivity contribution >= 4 is 13.9 Å². The Morgan fingerprint density at radius 2 is 2.25 bits per heavy atom. The van der Waals surface area contributed by atoms with E-state index in [0.29, 0.717) is 5.75 Å². The largest absolute Gasteiger partial charge is 0.695 e. The Labute approximate surface area is 91.7 Å². The molecule has 0 radical (unpaired) electrons. The highest BCUT2D eigenvalue weighted by Crippen LogP contribution is 2.27. The fraction of sp³-hybridized carbons (Fsp3) is 0.250. The molecule has 0 aliphatic rings. The average molecular weight is 246 g/mol. The predicted octanol–water partition coefficient (Wildman–Crippen LogP) is 1.77. The van der Waals surface area contributed by atoms with E-state index in [2.05, 4.69) is 4.52 Å². The quantitative estimate of drug-likeness (QED) is 0.482. The molecule has 0 saturated heterocycles. The van der Waals surface area contributed by atoms with Gasteiger partial charge in [0.05, 0.1) is 23.7 Å². The smallest absolute Gasteiger partial charge is 0.497 e. The van der Waals surface area contributed by atoms with Crippen LogP contribution in [0.3, 0.4) is 0 Å². The minimum absolute atomic E-state index is 0.211. The molecule has 0 amide bonds. The zero-order valence-corrected chi connectivity index (χ0v) is 9.22. The van der Waals surface area contributed by atoms with Crippen LogP contribution in [0.25, 0.3) is 0 Å². The van der Waals surface area contributed by atoms with Crippen LogP contribution in [0.1, 0.15) is 5.56 Å². The molecule has 0 aliphatic heterocycles. The summed E-state index contributed by atoms with van der Waals surface area (Å²) in [4.78, 5) is 18.5. The molecular formula is C8H9NO6P+. The molecule has 1 aromatic rings. The van der Waals surface area contributed by atoms with Crippen LogP contribution in [-0.2, 0) is 15.7 Å². The van der Waals surface area contributed by atoms with E-state index in [1.165, 1.54) is 25.3 Å². The van der Waals surface area contributed by atoms with Gasteiger partial charge in [0.2, 0.25) is 0 Å². The summed E-state index contributed by atoms with van der Waals surface area (Å²) >= 11 is 0. The highest BCUT2D eigenvalue weighted by Gasteiger charge is 2.20. The number of nitro groups is 1. The molecule has 1 atom stereocenters. The first-order valence-electron chi connectivity index (χ1n) is 4.15. The van der Waals surface area contributed by atoms with Gasteiger partial charge in [0.15, 0.2) is 0 Å². The molecular weight excluding hydrogens is 237 g/mol. The molecule has 8 heteroatoms. The van der Waals surface area contributed by atoms with Gasteiger partial charge < -0.3 is 4.74 Å². The van der Waals surface area contributed by atoms with Gasteiger partial charge in [-0.1, -0.05) is 0 Å². The third kappa shape index (κ3) is 3.23. The van der Waals surface area contributed by atoms with Crippen LogP contribution in [0.2, 0.25) is 0 Å². The molecule has 0 bridgehead atoms. The number of nitrogens with zero attached hydrogens (tertiary/aromatic N) is 1. The van der Waals surface area contributed by atoms with Crippen molar-refractivity contribution < 1.29 is 23.6 Å². The third-order valence-electron chi connectivity index (χ3n) is 1.82. The molecule has 1 N–H and O–H groups in total. The number of benzene rings is 1. The molecule has 0 aliphatic carbocycles. The molecule has 0 aromatic heterocycles. The Morgan fingerprint density at radius 1 is 1.56 bits per heavy atom. The number of rotatable bonds is 5. The van der Waals surface area contributed by atoms with E-state index in [1.807, 2.05) is 0 Å². The minimum Gasteiger partial charge on any atom is -0.497 e. The Morgan fingerprint density at radius 3 is 2.75 bits per heavy atom. The SMILES string of the molecule is COc1ccc(CO[P+](=O)O)c([N+](=O)[O-])c1. The summed E-state index contributed by atoms with van der Waals surface area (Å²) < 4.78 is 19.6. The third-order valence-corrected chi connectivity index (χ3v) is 2.17. The Balaban J connectivity index is 2.98. The summed E-state index contributed by atoms with van der Waals surface area (Å²) in [6, 6.07) is 4.15. The fourth-order valence-corrected chi connectivity index (χ4v) is 1.34. The maximum atomic E-state index is 10.7. The van der Waals surface area contributed by atoms with Crippen LogP contribution in [-0.4, -0.2) is 16.9 Å². The standard InChI is InChI=1S/C8H8NO6P/c1-14-7-3-2-6(5-15-16(12)13)8(4-7)9(10)11/h2-4H,5H2,1H3/p+1. The van der Waals surface area contributed by atoms with Gasteiger partial charge in [-0.25, -0.2) is 0 Å². The second kappa shape index (κ2) is 5.50. The summed E-state index contributed by atoms with van der Waals surface area (Å²) in [5.74, 6) is 0.337. The van der Waals surface area contributed by atoms with Gasteiger partial charge in [0.1, 0.15) is 12.4 Å². The van der Waals surface area contributed by atoms with Crippen LogP contribution >= 0.6 is 8.25 Å². The summed E-state index contributed by atoms with van der Waals surface area (Å²) in [5, 5.41) is 10.7. The molecule has 0 heterocycles. The van der Waals surface area contributed by atoms with Gasteiger partial charge in [0.25, 0.3) is 5.69 Å². The first kappa shape index (κ1) is 12.5. The Kier molecular flexibility index (Phi) is 4.30. The summed E-state index contributed by atoms with van der Waals surface area (Å²) in [6.45, 7) is -0.300. The molecule has 1 unspecified atom stereocenters. The lowest BCUT2D eigenvalue weighted by molar-refractivity contribution is -0.385. The summed E-state index contributed by atoms with van der Waals surface area (Å²) in [6.07, 6.45) is 0. The lowest BCUT2D eigenvalue weighted by Crippen LogP contribution is -1.97. The van der Waals surface area contributed by atoms with Gasteiger partial charge in [-0.05, 0) is 12.1 Å². The fourth-order valence-electron chi connectivity index (χ4n) is 1.09. The topological polar surface area (TPSA) is 98.9 Å². The van der Waals surface area contributed by atoms with Crippen molar-refractivity contribution in [2.75, 3.05) is 7.11 Å². The number of ether oxygens (including phenoxy) is 1. The lowest BCUT2D eigenvalue weighted by atomic mass is 10.2. The van der Waals surface area contributed by atoms with Gasteiger partial charge in [-0.15, -0.1) is 9.42 Å². The van der Waals surface area contributed by atoms with Gasteiger partial charge >= 0.3 is 8.25 Å². The van der Waals surface area contributed by atoms with E-state index in [9.17, 15) is 14.7 Å². The molecule has 1 aromatic carbocycles. The maximum Gasteiger partial charge on any atom is 0.695 e. The maximum absolute atomic E-state index is 10.7. The lowest BCUT2D eigenvalue weighted by Gasteiger charge is -2.02. The second-order valence-electron chi connectivity index (χ2n) is 2.76. The zero-order chi connectivity index (χ0) is 12.1. The number of nitro benzene ring substituents is 1. The number of hydrogen-bond donors (Lipinski definition) is 1.